The first-order chi connectivity index (χ1) is 11.1. The van der Waals surface area contributed by atoms with Gasteiger partial charge in [0.25, 0.3) is 5.91 Å². The maximum atomic E-state index is 12.5. The predicted octanol–water partition coefficient (Wildman–Crippen LogP) is 3.94. The summed E-state index contributed by atoms with van der Waals surface area (Å²) in [7, 11) is 0. The SMILES string of the molecule is Cc1ccc(NC(=O)c2cncc(N3CCCCC3)c2)c(C)c1. The first-order valence-corrected chi connectivity index (χ1v) is 8.22. The van der Waals surface area contributed by atoms with E-state index in [0.29, 0.717) is 5.56 Å². The summed E-state index contributed by atoms with van der Waals surface area (Å²) in [5.41, 5.74) is 4.75. The molecular weight excluding hydrogens is 286 g/mol. The zero-order valence-corrected chi connectivity index (χ0v) is 13.8. The minimum absolute atomic E-state index is 0.108. The third-order valence-corrected chi connectivity index (χ3v) is 4.34. The van der Waals surface area contributed by atoms with E-state index in [9.17, 15) is 4.79 Å². The lowest BCUT2D eigenvalue weighted by molar-refractivity contribution is 0.102. The smallest absolute Gasteiger partial charge is 0.257 e. The lowest BCUT2D eigenvalue weighted by atomic mass is 10.1. The second kappa shape index (κ2) is 6.82. The standard InChI is InChI=1S/C19H23N3O/c1-14-6-7-18(15(2)10-14)21-19(23)16-11-17(13-20-12-16)22-8-4-3-5-9-22/h6-7,10-13H,3-5,8-9H2,1-2H3,(H,21,23). The number of carbonyl (C=O) groups excluding carboxylic acids is 1. The Balaban J connectivity index is 1.76. The van der Waals surface area contributed by atoms with Gasteiger partial charge in [0.1, 0.15) is 0 Å². The van der Waals surface area contributed by atoms with Gasteiger partial charge in [-0.3, -0.25) is 9.78 Å². The normalized spacial score (nSPS) is 14.6. The van der Waals surface area contributed by atoms with E-state index in [2.05, 4.69) is 21.3 Å². The van der Waals surface area contributed by atoms with Crippen LogP contribution < -0.4 is 10.2 Å². The summed E-state index contributed by atoms with van der Waals surface area (Å²) < 4.78 is 0. The number of rotatable bonds is 3. The van der Waals surface area contributed by atoms with Crippen LogP contribution in [0.3, 0.4) is 0 Å². The number of piperidine rings is 1. The van der Waals surface area contributed by atoms with Crippen molar-refractivity contribution < 1.29 is 4.79 Å². The molecule has 2 heterocycles. The maximum absolute atomic E-state index is 12.5. The molecule has 1 amide bonds. The number of aromatic nitrogens is 1. The van der Waals surface area contributed by atoms with Crippen LogP contribution in [0.4, 0.5) is 11.4 Å². The fourth-order valence-electron chi connectivity index (χ4n) is 3.03. The van der Waals surface area contributed by atoms with Crippen molar-refractivity contribution >= 4 is 17.3 Å². The Hall–Kier alpha value is -2.36. The molecule has 1 N–H and O–H groups in total. The van der Waals surface area contributed by atoms with Crippen LogP contribution in [0.2, 0.25) is 0 Å². The van der Waals surface area contributed by atoms with E-state index in [4.69, 9.17) is 0 Å². The molecule has 1 aliphatic heterocycles. The van der Waals surface area contributed by atoms with Crippen LogP contribution in [0, 0.1) is 13.8 Å². The van der Waals surface area contributed by atoms with Gasteiger partial charge >= 0.3 is 0 Å². The summed E-state index contributed by atoms with van der Waals surface area (Å²) >= 11 is 0. The molecule has 0 atom stereocenters. The van der Waals surface area contributed by atoms with Crippen LogP contribution in [0.15, 0.2) is 36.7 Å². The second-order valence-electron chi connectivity index (χ2n) is 6.25. The molecule has 0 unspecified atom stereocenters. The van der Waals surface area contributed by atoms with Gasteiger partial charge in [0.15, 0.2) is 0 Å². The fraction of sp³-hybridized carbons (Fsp3) is 0.368. The summed E-state index contributed by atoms with van der Waals surface area (Å²) in [5, 5.41) is 2.99. The van der Waals surface area contributed by atoms with Crippen molar-refractivity contribution in [2.75, 3.05) is 23.3 Å². The van der Waals surface area contributed by atoms with Crippen LogP contribution in [-0.4, -0.2) is 24.0 Å². The van der Waals surface area contributed by atoms with Gasteiger partial charge in [-0.15, -0.1) is 0 Å². The van der Waals surface area contributed by atoms with Crippen LogP contribution in [-0.2, 0) is 0 Å². The molecule has 3 rings (SSSR count). The van der Waals surface area contributed by atoms with Crippen molar-refractivity contribution in [2.24, 2.45) is 0 Å². The van der Waals surface area contributed by atoms with Crippen LogP contribution >= 0.6 is 0 Å². The van der Waals surface area contributed by atoms with Gasteiger partial charge in [-0.1, -0.05) is 17.7 Å². The van der Waals surface area contributed by atoms with Crippen molar-refractivity contribution in [3.8, 4) is 0 Å². The number of anilines is 2. The van der Waals surface area contributed by atoms with Crippen LogP contribution in [0.5, 0.6) is 0 Å². The molecule has 1 saturated heterocycles. The molecule has 2 aromatic rings. The number of nitrogens with one attached hydrogen (secondary N) is 1. The molecule has 1 aliphatic rings. The first-order valence-electron chi connectivity index (χ1n) is 8.22. The fourth-order valence-corrected chi connectivity index (χ4v) is 3.03. The van der Waals surface area contributed by atoms with E-state index in [1.54, 1.807) is 6.20 Å². The Labute approximate surface area is 137 Å². The number of pyridine rings is 1. The lowest BCUT2D eigenvalue weighted by Crippen LogP contribution is -2.29. The largest absolute Gasteiger partial charge is 0.370 e. The number of hydrogen-bond donors (Lipinski definition) is 1. The molecule has 120 valence electrons. The number of hydrogen-bond acceptors (Lipinski definition) is 3. The average Bonchev–Trinajstić information content (AvgIpc) is 2.58. The Morgan fingerprint density at radius 3 is 2.61 bits per heavy atom. The molecule has 1 aromatic carbocycles. The van der Waals surface area contributed by atoms with Gasteiger partial charge in [-0.25, -0.2) is 0 Å². The summed E-state index contributed by atoms with van der Waals surface area (Å²) in [6, 6.07) is 7.96. The topological polar surface area (TPSA) is 45.2 Å². The third-order valence-electron chi connectivity index (χ3n) is 4.34. The number of amides is 1. The van der Waals surface area contributed by atoms with Crippen molar-refractivity contribution in [1.82, 2.24) is 4.98 Å². The molecule has 1 aromatic heterocycles. The van der Waals surface area contributed by atoms with E-state index >= 15 is 0 Å². The molecule has 0 aliphatic carbocycles. The summed E-state index contributed by atoms with van der Waals surface area (Å²) in [4.78, 5) is 19.1. The quantitative estimate of drug-likeness (QED) is 0.934. The molecule has 0 bridgehead atoms. The zero-order valence-electron chi connectivity index (χ0n) is 13.8. The lowest BCUT2D eigenvalue weighted by Gasteiger charge is -2.28. The number of carbonyl (C=O) groups is 1. The number of benzene rings is 1. The Morgan fingerprint density at radius 1 is 1.09 bits per heavy atom. The summed E-state index contributed by atoms with van der Waals surface area (Å²) in [5.74, 6) is -0.108. The van der Waals surface area contributed by atoms with Gasteiger partial charge in [-0.2, -0.15) is 0 Å². The predicted molar refractivity (Wildman–Crippen MR) is 94.2 cm³/mol. The van der Waals surface area contributed by atoms with Crippen molar-refractivity contribution in [3.63, 3.8) is 0 Å². The van der Waals surface area contributed by atoms with Crippen LogP contribution in [0.25, 0.3) is 0 Å². The number of nitrogens with zero attached hydrogens (tertiary/aromatic N) is 2. The van der Waals surface area contributed by atoms with E-state index in [0.717, 1.165) is 30.0 Å². The van der Waals surface area contributed by atoms with E-state index in [1.807, 2.05) is 38.2 Å². The van der Waals surface area contributed by atoms with Crippen molar-refractivity contribution in [3.05, 3.63) is 53.3 Å². The van der Waals surface area contributed by atoms with E-state index < -0.39 is 0 Å². The molecule has 0 spiro atoms. The molecular formula is C19H23N3O. The van der Waals surface area contributed by atoms with Crippen molar-refractivity contribution in [2.45, 2.75) is 33.1 Å². The summed E-state index contributed by atoms with van der Waals surface area (Å²) in [6.07, 6.45) is 7.18. The highest BCUT2D eigenvalue weighted by Crippen LogP contribution is 2.21. The molecule has 4 nitrogen and oxygen atoms in total. The minimum Gasteiger partial charge on any atom is -0.370 e. The highest BCUT2D eigenvalue weighted by atomic mass is 16.1. The van der Waals surface area contributed by atoms with E-state index in [-0.39, 0.29) is 5.91 Å². The highest BCUT2D eigenvalue weighted by molar-refractivity contribution is 6.05. The highest BCUT2D eigenvalue weighted by Gasteiger charge is 2.14. The second-order valence-corrected chi connectivity index (χ2v) is 6.25. The zero-order chi connectivity index (χ0) is 16.2. The maximum Gasteiger partial charge on any atom is 0.257 e. The third kappa shape index (κ3) is 3.70. The molecule has 1 fully saturated rings. The Bertz CT molecular complexity index is 706. The molecule has 0 radical (unpaired) electrons. The minimum atomic E-state index is -0.108. The average molecular weight is 309 g/mol. The number of aryl methyl sites for hydroxylation is 2. The Kier molecular flexibility index (Phi) is 4.60. The van der Waals surface area contributed by atoms with Gasteiger partial charge in [0, 0.05) is 25.0 Å². The molecule has 0 saturated carbocycles. The van der Waals surface area contributed by atoms with Gasteiger partial charge < -0.3 is 10.2 Å². The van der Waals surface area contributed by atoms with Gasteiger partial charge in [0.05, 0.1) is 17.4 Å². The Morgan fingerprint density at radius 2 is 1.87 bits per heavy atom. The van der Waals surface area contributed by atoms with Crippen molar-refractivity contribution in [1.29, 1.82) is 0 Å². The molecule has 23 heavy (non-hydrogen) atoms. The van der Waals surface area contributed by atoms with Crippen LogP contribution in [0.1, 0.15) is 40.7 Å². The summed E-state index contributed by atoms with van der Waals surface area (Å²) in [6.45, 7) is 6.14. The van der Waals surface area contributed by atoms with Gasteiger partial charge in [-0.05, 0) is 50.8 Å². The molecule has 4 heteroatoms. The van der Waals surface area contributed by atoms with Gasteiger partial charge in [0.2, 0.25) is 0 Å². The monoisotopic (exact) mass is 309 g/mol. The van der Waals surface area contributed by atoms with E-state index in [1.165, 1.54) is 24.8 Å². The first kappa shape index (κ1) is 15.5.